The van der Waals surface area contributed by atoms with Crippen LogP contribution in [0.15, 0.2) is 48.5 Å². The molecule has 0 spiro atoms. The highest BCUT2D eigenvalue weighted by Crippen LogP contribution is 2.30. The van der Waals surface area contributed by atoms with Gasteiger partial charge in [0.05, 0.1) is 6.04 Å². The Morgan fingerprint density at radius 2 is 1.77 bits per heavy atom. The minimum Gasteiger partial charge on any atom is -0.508 e. The molecule has 10 nitrogen and oxygen atoms in total. The molecule has 4 N–H and O–H groups in total. The van der Waals surface area contributed by atoms with Gasteiger partial charge in [0.15, 0.2) is 0 Å². The molecule has 0 bridgehead atoms. The van der Waals surface area contributed by atoms with Crippen molar-refractivity contribution in [2.75, 3.05) is 13.6 Å². The number of hydrogen-bond acceptors (Lipinski definition) is 5. The number of likely N-dealkylation sites (N-methyl/N-ethyl adjacent to an activating group) is 1. The number of phenolic OH excluding ortho intramolecular Hbond substituents is 1. The number of fused-ring (bicyclic) bond motifs is 1. The third-order valence-electron chi connectivity index (χ3n) is 7.78. The first-order chi connectivity index (χ1) is 18.7. The molecule has 39 heavy (non-hydrogen) atoms. The van der Waals surface area contributed by atoms with Gasteiger partial charge in [-0.1, -0.05) is 36.4 Å². The van der Waals surface area contributed by atoms with E-state index in [-0.39, 0.29) is 24.1 Å². The van der Waals surface area contributed by atoms with E-state index in [4.69, 9.17) is 0 Å². The van der Waals surface area contributed by atoms with Crippen LogP contribution < -0.4 is 10.6 Å². The molecule has 2 aliphatic rings. The molecule has 1 aliphatic heterocycles. The molecule has 4 rings (SSSR count). The number of nitrogens with zero attached hydrogens (tertiary/aromatic N) is 2. The molecule has 1 fully saturated rings. The summed E-state index contributed by atoms with van der Waals surface area (Å²) in [5.74, 6) is -1.15. The summed E-state index contributed by atoms with van der Waals surface area (Å²) in [5, 5.41) is 24.8. The lowest BCUT2D eigenvalue weighted by Gasteiger charge is -2.32. The van der Waals surface area contributed by atoms with Crippen molar-refractivity contribution in [2.45, 2.75) is 69.6 Å². The van der Waals surface area contributed by atoms with Gasteiger partial charge in [0.1, 0.15) is 23.9 Å². The maximum atomic E-state index is 13.8. The van der Waals surface area contributed by atoms with Crippen LogP contribution in [0.1, 0.15) is 55.3 Å². The van der Waals surface area contributed by atoms with Crippen LogP contribution in [0.4, 0.5) is 4.79 Å². The van der Waals surface area contributed by atoms with Gasteiger partial charge < -0.3 is 25.7 Å². The molecule has 4 atom stereocenters. The van der Waals surface area contributed by atoms with Crippen LogP contribution in [-0.4, -0.2) is 75.5 Å². The van der Waals surface area contributed by atoms with E-state index < -0.39 is 36.0 Å². The third kappa shape index (κ3) is 6.50. The fourth-order valence-electron chi connectivity index (χ4n) is 5.38. The van der Waals surface area contributed by atoms with Gasteiger partial charge in [0.2, 0.25) is 17.7 Å². The van der Waals surface area contributed by atoms with E-state index in [1.807, 2.05) is 18.2 Å². The summed E-state index contributed by atoms with van der Waals surface area (Å²) in [4.78, 5) is 54.0. The number of carbonyl (C=O) groups excluding carboxylic acids is 3. The van der Waals surface area contributed by atoms with Crippen LogP contribution in [0, 0.1) is 0 Å². The van der Waals surface area contributed by atoms with Crippen molar-refractivity contribution in [2.24, 2.45) is 0 Å². The predicted molar refractivity (Wildman–Crippen MR) is 144 cm³/mol. The van der Waals surface area contributed by atoms with Gasteiger partial charge in [-0.15, -0.1) is 0 Å². The Hall–Kier alpha value is -4.08. The highest BCUT2D eigenvalue weighted by atomic mass is 16.4. The van der Waals surface area contributed by atoms with Gasteiger partial charge in [-0.2, -0.15) is 0 Å². The lowest BCUT2D eigenvalue weighted by atomic mass is 9.87. The molecule has 208 valence electrons. The lowest BCUT2D eigenvalue weighted by molar-refractivity contribution is -0.142. The number of aromatic hydroxyl groups is 1. The topological polar surface area (TPSA) is 139 Å². The number of benzene rings is 2. The molecule has 0 aromatic heterocycles. The zero-order valence-corrected chi connectivity index (χ0v) is 22.3. The SMILES string of the molecule is C[C@@H](C(=O)N[C@@H](Cc1ccc(O)cc1)C(=O)N1CCC[C@H]1C(=O)N[C@@H]1CCCc2ccccc21)N(C)C(=O)O. The smallest absolute Gasteiger partial charge is 0.407 e. The van der Waals surface area contributed by atoms with E-state index in [1.165, 1.54) is 36.6 Å². The Morgan fingerprint density at radius 3 is 2.49 bits per heavy atom. The number of rotatable bonds is 8. The molecule has 10 heteroatoms. The highest BCUT2D eigenvalue weighted by Gasteiger charge is 2.39. The number of amides is 4. The summed E-state index contributed by atoms with van der Waals surface area (Å²) in [5.41, 5.74) is 3.04. The van der Waals surface area contributed by atoms with E-state index in [2.05, 4.69) is 16.7 Å². The summed E-state index contributed by atoms with van der Waals surface area (Å²) >= 11 is 0. The maximum absolute atomic E-state index is 13.8. The number of carboxylic acid groups (broad SMARTS) is 1. The normalized spacial score (nSPS) is 19.9. The Balaban J connectivity index is 1.51. The second kappa shape index (κ2) is 12.2. The van der Waals surface area contributed by atoms with E-state index in [0.29, 0.717) is 24.9 Å². The highest BCUT2D eigenvalue weighted by molar-refractivity contribution is 5.94. The van der Waals surface area contributed by atoms with Gasteiger partial charge in [-0.3, -0.25) is 19.3 Å². The fraction of sp³-hybridized carbons (Fsp3) is 0.448. The molecule has 0 saturated carbocycles. The van der Waals surface area contributed by atoms with Crippen molar-refractivity contribution in [3.8, 4) is 5.75 Å². The van der Waals surface area contributed by atoms with Crippen molar-refractivity contribution in [3.05, 3.63) is 65.2 Å². The molecular formula is C29H36N4O6. The standard InChI is InChI=1S/C29H36N4O6/c1-18(32(2)29(38)39)26(35)31-24(17-19-12-14-21(34)15-13-19)28(37)33-16-6-11-25(33)27(36)30-23-10-5-8-20-7-3-4-9-22(20)23/h3-4,7,9,12-15,18,23-25,34H,5-6,8,10-11,16-17H2,1-2H3,(H,30,36)(H,31,35)(H,38,39)/t18-,23+,24-,25-/m0/s1. The molecule has 1 saturated heterocycles. The van der Waals surface area contributed by atoms with Gasteiger partial charge in [-0.05, 0) is 67.9 Å². The molecule has 4 amide bonds. The fourth-order valence-corrected chi connectivity index (χ4v) is 5.38. The van der Waals surface area contributed by atoms with Crippen LogP contribution in [0.3, 0.4) is 0 Å². The van der Waals surface area contributed by atoms with E-state index >= 15 is 0 Å². The first kappa shape index (κ1) is 27.9. The number of nitrogens with one attached hydrogen (secondary N) is 2. The van der Waals surface area contributed by atoms with Crippen LogP contribution in [0.5, 0.6) is 5.75 Å². The first-order valence-electron chi connectivity index (χ1n) is 13.4. The summed E-state index contributed by atoms with van der Waals surface area (Å²) in [6, 6.07) is 11.6. The van der Waals surface area contributed by atoms with Crippen molar-refractivity contribution in [1.29, 1.82) is 0 Å². The van der Waals surface area contributed by atoms with Crippen molar-refractivity contribution < 1.29 is 29.4 Å². The molecule has 0 unspecified atom stereocenters. The zero-order valence-electron chi connectivity index (χ0n) is 22.3. The molecule has 0 radical (unpaired) electrons. The Bertz CT molecular complexity index is 1220. The van der Waals surface area contributed by atoms with E-state index in [9.17, 15) is 29.4 Å². The number of carbonyl (C=O) groups is 4. The zero-order chi connectivity index (χ0) is 28.1. The quantitative estimate of drug-likeness (QED) is 0.409. The number of hydrogen-bond donors (Lipinski definition) is 4. The van der Waals surface area contributed by atoms with E-state index in [0.717, 1.165) is 29.7 Å². The summed E-state index contributed by atoms with van der Waals surface area (Å²) in [6.07, 6.45) is 2.81. The number of phenols is 1. The minimum atomic E-state index is -1.26. The van der Waals surface area contributed by atoms with Crippen molar-refractivity contribution in [3.63, 3.8) is 0 Å². The van der Waals surface area contributed by atoms with Gasteiger partial charge in [0, 0.05) is 20.0 Å². The average Bonchev–Trinajstić information content (AvgIpc) is 3.43. The van der Waals surface area contributed by atoms with Crippen LogP contribution in [0.2, 0.25) is 0 Å². The molecule has 2 aromatic rings. The minimum absolute atomic E-state index is 0.0722. The summed E-state index contributed by atoms with van der Waals surface area (Å²) in [6.45, 7) is 1.82. The van der Waals surface area contributed by atoms with Gasteiger partial charge in [-0.25, -0.2) is 4.79 Å². The van der Waals surface area contributed by atoms with Crippen LogP contribution in [0.25, 0.3) is 0 Å². The summed E-state index contributed by atoms with van der Waals surface area (Å²) in [7, 11) is 1.29. The second-order valence-corrected chi connectivity index (χ2v) is 10.3. The molecule has 2 aromatic carbocycles. The Morgan fingerprint density at radius 1 is 1.05 bits per heavy atom. The Labute approximate surface area is 228 Å². The Kier molecular flexibility index (Phi) is 8.73. The first-order valence-corrected chi connectivity index (χ1v) is 13.4. The number of aryl methyl sites for hydroxylation is 1. The lowest BCUT2D eigenvalue weighted by Crippen LogP contribution is -2.57. The molecular weight excluding hydrogens is 500 g/mol. The van der Waals surface area contributed by atoms with E-state index in [1.54, 1.807) is 12.1 Å². The largest absolute Gasteiger partial charge is 0.508 e. The third-order valence-corrected chi connectivity index (χ3v) is 7.78. The second-order valence-electron chi connectivity index (χ2n) is 10.3. The predicted octanol–water partition coefficient (Wildman–Crippen LogP) is 2.60. The summed E-state index contributed by atoms with van der Waals surface area (Å²) < 4.78 is 0. The monoisotopic (exact) mass is 536 g/mol. The molecule has 1 aliphatic carbocycles. The van der Waals surface area contributed by atoms with Crippen molar-refractivity contribution >= 4 is 23.8 Å². The van der Waals surface area contributed by atoms with Gasteiger partial charge >= 0.3 is 6.09 Å². The maximum Gasteiger partial charge on any atom is 0.407 e. The van der Waals surface area contributed by atoms with Gasteiger partial charge in [0.25, 0.3) is 0 Å². The molecule has 1 heterocycles. The average molecular weight is 537 g/mol. The van der Waals surface area contributed by atoms with Crippen LogP contribution in [-0.2, 0) is 27.2 Å². The van der Waals surface area contributed by atoms with Crippen molar-refractivity contribution in [1.82, 2.24) is 20.4 Å². The van der Waals surface area contributed by atoms with Crippen LogP contribution >= 0.6 is 0 Å². The number of likely N-dealkylation sites (tertiary alicyclic amines) is 1.